The van der Waals surface area contributed by atoms with E-state index in [2.05, 4.69) is 0 Å². The van der Waals surface area contributed by atoms with E-state index in [4.69, 9.17) is 9.47 Å². The molecule has 1 atom stereocenters. The molecule has 2 aromatic carbocycles. The van der Waals surface area contributed by atoms with Crippen LogP contribution in [0.15, 0.2) is 53.4 Å². The second-order valence-corrected chi connectivity index (χ2v) is 8.13. The van der Waals surface area contributed by atoms with Gasteiger partial charge in [-0.1, -0.05) is 30.3 Å². The predicted molar refractivity (Wildman–Crippen MR) is 89.9 cm³/mol. The molecular weight excluding hydrogens is 296 g/mol. The maximum absolute atomic E-state index is 12.6. The highest BCUT2D eigenvalue weighted by atomic mass is 32.2. The molecule has 3 nitrogen and oxygen atoms in total. The number of rotatable bonds is 5. The van der Waals surface area contributed by atoms with E-state index in [0.717, 1.165) is 16.2 Å². The van der Waals surface area contributed by atoms with Crippen LogP contribution < -0.4 is 9.47 Å². The molecule has 0 radical (unpaired) electrons. The van der Waals surface area contributed by atoms with Crippen molar-refractivity contribution in [2.24, 2.45) is 0 Å². The topological polar surface area (TPSA) is 35.5 Å². The summed E-state index contributed by atoms with van der Waals surface area (Å²) in [6, 6.07) is 15.2. The zero-order valence-corrected chi connectivity index (χ0v) is 14.3. The average Bonchev–Trinajstić information content (AvgIpc) is 2.52. The summed E-state index contributed by atoms with van der Waals surface area (Å²) in [5.74, 6) is 1.44. The number of benzene rings is 2. The summed E-state index contributed by atoms with van der Waals surface area (Å²) in [5, 5.41) is 0. The Kier molecular flexibility index (Phi) is 5.24. The highest BCUT2D eigenvalue weighted by molar-refractivity contribution is 7.86. The molecule has 0 aliphatic carbocycles. The molecule has 0 saturated heterocycles. The van der Waals surface area contributed by atoms with Gasteiger partial charge >= 0.3 is 0 Å². The quantitative estimate of drug-likeness (QED) is 0.829. The molecule has 0 unspecified atom stereocenters. The Labute approximate surface area is 134 Å². The first-order valence-corrected chi connectivity index (χ1v) is 8.34. The lowest BCUT2D eigenvalue weighted by Gasteiger charge is -2.20. The lowest BCUT2D eigenvalue weighted by atomic mass is 10.2. The van der Waals surface area contributed by atoms with E-state index in [9.17, 15) is 4.21 Å². The monoisotopic (exact) mass is 318 g/mol. The van der Waals surface area contributed by atoms with Crippen LogP contribution in [-0.4, -0.2) is 16.1 Å². The molecule has 4 heteroatoms. The van der Waals surface area contributed by atoms with Gasteiger partial charge in [-0.05, 0) is 39.0 Å². The Morgan fingerprint density at radius 3 is 2.18 bits per heavy atom. The molecule has 0 aliphatic rings. The Morgan fingerprint density at radius 2 is 1.55 bits per heavy atom. The molecular formula is C18H22O3S. The lowest BCUT2D eigenvalue weighted by Crippen LogP contribution is -2.22. The van der Waals surface area contributed by atoms with Gasteiger partial charge in [0, 0.05) is 10.3 Å². The maximum Gasteiger partial charge on any atom is 0.135 e. The summed E-state index contributed by atoms with van der Waals surface area (Å²) < 4.78 is 23.5. The predicted octanol–water partition coefficient (Wildman–Crippen LogP) is 4.18. The first kappa shape index (κ1) is 16.6. The summed E-state index contributed by atoms with van der Waals surface area (Å²) >= 11 is 0. The number of para-hydroxylation sites is 2. The van der Waals surface area contributed by atoms with Gasteiger partial charge in [-0.15, -0.1) is 0 Å². The SMILES string of the molecule is COc1ccccc1COc1ccccc1[S@](=O)C(C)(C)C. The van der Waals surface area contributed by atoms with Crippen molar-refractivity contribution in [2.45, 2.75) is 37.0 Å². The van der Waals surface area contributed by atoms with E-state index >= 15 is 0 Å². The van der Waals surface area contributed by atoms with Gasteiger partial charge in [0.25, 0.3) is 0 Å². The zero-order chi connectivity index (χ0) is 16.2. The van der Waals surface area contributed by atoms with E-state index in [1.165, 1.54) is 0 Å². The first-order valence-electron chi connectivity index (χ1n) is 7.19. The highest BCUT2D eigenvalue weighted by Gasteiger charge is 2.24. The van der Waals surface area contributed by atoms with Crippen LogP contribution >= 0.6 is 0 Å². The number of ether oxygens (including phenoxy) is 2. The van der Waals surface area contributed by atoms with E-state index in [1.807, 2.05) is 69.3 Å². The minimum absolute atomic E-state index is 0.329. The van der Waals surface area contributed by atoms with Crippen LogP contribution in [0.1, 0.15) is 26.3 Å². The lowest BCUT2D eigenvalue weighted by molar-refractivity contribution is 0.289. The molecule has 0 bridgehead atoms. The summed E-state index contributed by atoms with van der Waals surface area (Å²) in [6.07, 6.45) is 0. The van der Waals surface area contributed by atoms with E-state index in [1.54, 1.807) is 7.11 Å². The van der Waals surface area contributed by atoms with Gasteiger partial charge in [0.15, 0.2) is 0 Å². The van der Waals surface area contributed by atoms with Gasteiger partial charge in [-0.25, -0.2) is 0 Å². The molecule has 0 fully saturated rings. The van der Waals surface area contributed by atoms with Crippen molar-refractivity contribution in [1.29, 1.82) is 0 Å². The number of hydrogen-bond acceptors (Lipinski definition) is 3. The number of hydrogen-bond donors (Lipinski definition) is 0. The summed E-state index contributed by atoms with van der Waals surface area (Å²) in [4.78, 5) is 0.727. The van der Waals surface area contributed by atoms with Crippen molar-refractivity contribution in [3.05, 3.63) is 54.1 Å². The Bertz CT molecular complexity index is 659. The highest BCUT2D eigenvalue weighted by Crippen LogP contribution is 2.29. The Balaban J connectivity index is 2.22. The molecule has 2 aromatic rings. The van der Waals surface area contributed by atoms with Gasteiger partial charge in [-0.3, -0.25) is 4.21 Å². The molecule has 22 heavy (non-hydrogen) atoms. The van der Waals surface area contributed by atoms with Crippen LogP contribution in [0.4, 0.5) is 0 Å². The molecule has 0 aliphatic heterocycles. The summed E-state index contributed by atoms with van der Waals surface area (Å²) in [6.45, 7) is 6.25. The third-order valence-electron chi connectivity index (χ3n) is 3.18. The van der Waals surface area contributed by atoms with Crippen LogP contribution in [0.3, 0.4) is 0 Å². The maximum atomic E-state index is 12.6. The van der Waals surface area contributed by atoms with E-state index < -0.39 is 10.8 Å². The first-order chi connectivity index (χ1) is 10.4. The minimum atomic E-state index is -1.13. The summed E-state index contributed by atoms with van der Waals surface area (Å²) in [5.41, 5.74) is 0.960. The smallest absolute Gasteiger partial charge is 0.135 e. The molecule has 118 valence electrons. The van der Waals surface area contributed by atoms with Crippen LogP contribution in [0.25, 0.3) is 0 Å². The van der Waals surface area contributed by atoms with Crippen LogP contribution in [-0.2, 0) is 17.4 Å². The van der Waals surface area contributed by atoms with Crippen molar-refractivity contribution in [2.75, 3.05) is 7.11 Å². The molecule has 0 amide bonds. The second kappa shape index (κ2) is 6.97. The van der Waals surface area contributed by atoms with Crippen molar-refractivity contribution in [3.63, 3.8) is 0 Å². The number of methoxy groups -OCH3 is 1. The van der Waals surface area contributed by atoms with E-state index in [0.29, 0.717) is 12.4 Å². The molecule has 0 saturated carbocycles. The van der Waals surface area contributed by atoms with Gasteiger partial charge in [0.05, 0.1) is 22.8 Å². The molecule has 2 rings (SSSR count). The van der Waals surface area contributed by atoms with Crippen molar-refractivity contribution in [1.82, 2.24) is 0 Å². The van der Waals surface area contributed by atoms with Gasteiger partial charge < -0.3 is 9.47 Å². The van der Waals surface area contributed by atoms with Crippen molar-refractivity contribution >= 4 is 10.8 Å². The minimum Gasteiger partial charge on any atom is -0.496 e. The third-order valence-corrected chi connectivity index (χ3v) is 5.03. The molecule has 0 N–H and O–H groups in total. The standard InChI is InChI=1S/C18H22O3S/c1-18(2,3)22(19)17-12-8-7-11-16(17)21-13-14-9-5-6-10-15(14)20-4/h5-12H,13H2,1-4H3/t22-/m0/s1. The average molecular weight is 318 g/mol. The zero-order valence-electron chi connectivity index (χ0n) is 13.5. The van der Waals surface area contributed by atoms with Crippen molar-refractivity contribution in [3.8, 4) is 11.5 Å². The molecule has 0 heterocycles. The fourth-order valence-corrected chi connectivity index (χ4v) is 3.20. The van der Waals surface area contributed by atoms with Crippen molar-refractivity contribution < 1.29 is 13.7 Å². The Morgan fingerprint density at radius 1 is 0.955 bits per heavy atom. The van der Waals surface area contributed by atoms with E-state index in [-0.39, 0.29) is 4.75 Å². The van der Waals surface area contributed by atoms with Crippen LogP contribution in [0, 0.1) is 0 Å². The third kappa shape index (κ3) is 3.89. The second-order valence-electron chi connectivity index (χ2n) is 5.93. The molecule has 0 spiro atoms. The normalized spacial score (nSPS) is 12.7. The van der Waals surface area contributed by atoms with Gasteiger partial charge in [-0.2, -0.15) is 0 Å². The fourth-order valence-electron chi connectivity index (χ4n) is 2.03. The van der Waals surface area contributed by atoms with Gasteiger partial charge in [0.2, 0.25) is 0 Å². The fraction of sp³-hybridized carbons (Fsp3) is 0.333. The van der Waals surface area contributed by atoms with Gasteiger partial charge in [0.1, 0.15) is 18.1 Å². The Hall–Kier alpha value is -1.81. The van der Waals surface area contributed by atoms with Crippen LogP contribution in [0.5, 0.6) is 11.5 Å². The largest absolute Gasteiger partial charge is 0.496 e. The summed E-state index contributed by atoms with van der Waals surface area (Å²) in [7, 11) is 0.507. The molecule has 0 aromatic heterocycles. The van der Waals surface area contributed by atoms with Crippen LogP contribution in [0.2, 0.25) is 0 Å².